The number of ether oxygens (including phenoxy) is 1. The predicted octanol–water partition coefficient (Wildman–Crippen LogP) is 1.17. The molecule has 3 nitrogen and oxygen atoms in total. The Labute approximate surface area is 103 Å². The molecule has 0 aliphatic carbocycles. The van der Waals surface area contributed by atoms with E-state index >= 15 is 0 Å². The van der Waals surface area contributed by atoms with Crippen LogP contribution in [0.5, 0.6) is 0 Å². The van der Waals surface area contributed by atoms with Gasteiger partial charge in [0.25, 0.3) is 0 Å². The number of nitrogens with one attached hydrogen (secondary N) is 1. The van der Waals surface area contributed by atoms with Gasteiger partial charge in [0.2, 0.25) is 0 Å². The van der Waals surface area contributed by atoms with Gasteiger partial charge in [-0.05, 0) is 12.5 Å². The lowest BCUT2D eigenvalue weighted by atomic mass is 10.0. The van der Waals surface area contributed by atoms with Gasteiger partial charge in [-0.2, -0.15) is 0 Å². The standard InChI is InChI=1S/C14H20N2O/c1-11-2-4-12(5-3-11)8-16-13-6-15-7-14(16)10-17-9-13/h2-5,13-15H,6-10H2,1H3. The minimum atomic E-state index is 0.545. The van der Waals surface area contributed by atoms with Gasteiger partial charge >= 0.3 is 0 Å². The van der Waals surface area contributed by atoms with Crippen LogP contribution in [-0.2, 0) is 11.3 Å². The Balaban J connectivity index is 1.73. The maximum atomic E-state index is 5.64. The number of hydrogen-bond donors (Lipinski definition) is 1. The molecule has 0 radical (unpaired) electrons. The second-order valence-corrected chi connectivity index (χ2v) is 5.16. The van der Waals surface area contributed by atoms with Gasteiger partial charge < -0.3 is 10.1 Å². The number of nitrogens with zero attached hydrogens (tertiary/aromatic N) is 1. The summed E-state index contributed by atoms with van der Waals surface area (Å²) < 4.78 is 5.64. The number of morpholine rings is 1. The molecular weight excluding hydrogens is 212 g/mol. The summed E-state index contributed by atoms with van der Waals surface area (Å²) >= 11 is 0. The van der Waals surface area contributed by atoms with Crippen LogP contribution in [0.4, 0.5) is 0 Å². The van der Waals surface area contributed by atoms with Crippen LogP contribution in [-0.4, -0.2) is 43.3 Å². The van der Waals surface area contributed by atoms with Crippen LogP contribution in [0.1, 0.15) is 11.1 Å². The van der Waals surface area contributed by atoms with Crippen molar-refractivity contribution in [3.8, 4) is 0 Å². The smallest absolute Gasteiger partial charge is 0.0635 e. The summed E-state index contributed by atoms with van der Waals surface area (Å²) in [4.78, 5) is 2.60. The van der Waals surface area contributed by atoms with E-state index in [2.05, 4.69) is 41.4 Å². The second kappa shape index (κ2) is 4.77. The first-order chi connectivity index (χ1) is 8.33. The van der Waals surface area contributed by atoms with Crippen molar-refractivity contribution in [3.05, 3.63) is 35.4 Å². The van der Waals surface area contributed by atoms with Crippen molar-refractivity contribution >= 4 is 0 Å². The van der Waals surface area contributed by atoms with Crippen LogP contribution in [0.25, 0.3) is 0 Å². The highest BCUT2D eigenvalue weighted by Gasteiger charge is 2.34. The zero-order chi connectivity index (χ0) is 11.7. The lowest BCUT2D eigenvalue weighted by molar-refractivity contribution is -0.0689. The molecule has 2 atom stereocenters. The Kier molecular flexibility index (Phi) is 3.14. The van der Waals surface area contributed by atoms with Crippen molar-refractivity contribution in [1.82, 2.24) is 10.2 Å². The quantitative estimate of drug-likeness (QED) is 0.828. The summed E-state index contributed by atoms with van der Waals surface area (Å²) in [5.74, 6) is 0. The normalized spacial score (nSPS) is 29.2. The number of rotatable bonds is 2. The Morgan fingerprint density at radius 3 is 2.47 bits per heavy atom. The van der Waals surface area contributed by atoms with E-state index in [4.69, 9.17) is 4.74 Å². The molecule has 3 rings (SSSR count). The highest BCUT2D eigenvalue weighted by molar-refractivity contribution is 5.21. The van der Waals surface area contributed by atoms with Crippen LogP contribution in [0.15, 0.2) is 24.3 Å². The van der Waals surface area contributed by atoms with Crippen LogP contribution in [0.3, 0.4) is 0 Å². The minimum absolute atomic E-state index is 0.545. The largest absolute Gasteiger partial charge is 0.378 e. The summed E-state index contributed by atoms with van der Waals surface area (Å²) in [5.41, 5.74) is 2.74. The maximum absolute atomic E-state index is 5.64. The summed E-state index contributed by atoms with van der Waals surface area (Å²) in [6.07, 6.45) is 0. The SMILES string of the molecule is Cc1ccc(CN2C3CNCC2COC3)cc1. The Morgan fingerprint density at radius 2 is 1.82 bits per heavy atom. The van der Waals surface area contributed by atoms with E-state index in [-0.39, 0.29) is 0 Å². The first-order valence-corrected chi connectivity index (χ1v) is 6.42. The van der Waals surface area contributed by atoms with Crippen LogP contribution < -0.4 is 5.32 Å². The molecule has 2 bridgehead atoms. The summed E-state index contributed by atoms with van der Waals surface area (Å²) in [6, 6.07) is 9.97. The van der Waals surface area contributed by atoms with E-state index in [0.29, 0.717) is 12.1 Å². The lowest BCUT2D eigenvalue weighted by Crippen LogP contribution is -2.63. The molecule has 1 aromatic carbocycles. The van der Waals surface area contributed by atoms with Crippen molar-refractivity contribution in [1.29, 1.82) is 0 Å². The predicted molar refractivity (Wildman–Crippen MR) is 68.0 cm³/mol. The van der Waals surface area contributed by atoms with Crippen molar-refractivity contribution in [2.45, 2.75) is 25.6 Å². The van der Waals surface area contributed by atoms with E-state index in [0.717, 1.165) is 32.8 Å². The molecule has 2 heterocycles. The van der Waals surface area contributed by atoms with E-state index in [9.17, 15) is 0 Å². The first kappa shape index (κ1) is 11.2. The summed E-state index contributed by atoms with van der Waals surface area (Å²) in [6.45, 7) is 7.05. The van der Waals surface area contributed by atoms with Crippen molar-refractivity contribution < 1.29 is 4.74 Å². The number of aryl methyl sites for hydroxylation is 1. The third-order valence-corrected chi connectivity index (χ3v) is 3.80. The average Bonchev–Trinajstić information content (AvgIpc) is 2.32. The highest BCUT2D eigenvalue weighted by atomic mass is 16.5. The van der Waals surface area contributed by atoms with Gasteiger partial charge in [-0.15, -0.1) is 0 Å². The second-order valence-electron chi connectivity index (χ2n) is 5.16. The monoisotopic (exact) mass is 232 g/mol. The number of benzene rings is 1. The van der Waals surface area contributed by atoms with Gasteiger partial charge in [0, 0.05) is 31.7 Å². The Hall–Kier alpha value is -0.900. The molecule has 2 unspecified atom stereocenters. The molecule has 2 saturated heterocycles. The zero-order valence-electron chi connectivity index (χ0n) is 10.4. The molecule has 1 aromatic rings. The Bertz CT molecular complexity index is 354. The minimum Gasteiger partial charge on any atom is -0.378 e. The molecule has 3 heteroatoms. The lowest BCUT2D eigenvalue weighted by Gasteiger charge is -2.46. The average molecular weight is 232 g/mol. The van der Waals surface area contributed by atoms with Crippen LogP contribution in [0, 0.1) is 6.92 Å². The fraction of sp³-hybridized carbons (Fsp3) is 0.571. The molecule has 0 saturated carbocycles. The van der Waals surface area contributed by atoms with E-state index < -0.39 is 0 Å². The fourth-order valence-electron chi connectivity index (χ4n) is 2.76. The molecule has 2 aliphatic heterocycles. The van der Waals surface area contributed by atoms with Crippen molar-refractivity contribution in [2.75, 3.05) is 26.3 Å². The van der Waals surface area contributed by atoms with E-state index in [1.807, 2.05) is 0 Å². The van der Waals surface area contributed by atoms with Crippen LogP contribution in [0.2, 0.25) is 0 Å². The van der Waals surface area contributed by atoms with E-state index in [1.165, 1.54) is 11.1 Å². The molecule has 2 aliphatic rings. The summed E-state index contributed by atoms with van der Waals surface area (Å²) in [7, 11) is 0. The van der Waals surface area contributed by atoms with Gasteiger partial charge in [-0.1, -0.05) is 29.8 Å². The highest BCUT2D eigenvalue weighted by Crippen LogP contribution is 2.19. The molecule has 0 spiro atoms. The number of piperazine rings is 1. The molecule has 0 aromatic heterocycles. The molecule has 17 heavy (non-hydrogen) atoms. The molecular formula is C14H20N2O. The third kappa shape index (κ3) is 2.37. The topological polar surface area (TPSA) is 24.5 Å². The van der Waals surface area contributed by atoms with Gasteiger partial charge in [-0.3, -0.25) is 4.90 Å². The van der Waals surface area contributed by atoms with Gasteiger partial charge in [-0.25, -0.2) is 0 Å². The van der Waals surface area contributed by atoms with Crippen molar-refractivity contribution in [2.24, 2.45) is 0 Å². The molecule has 1 N–H and O–H groups in total. The van der Waals surface area contributed by atoms with Crippen molar-refractivity contribution in [3.63, 3.8) is 0 Å². The maximum Gasteiger partial charge on any atom is 0.0635 e. The third-order valence-electron chi connectivity index (χ3n) is 3.80. The molecule has 0 amide bonds. The zero-order valence-corrected chi connectivity index (χ0v) is 10.4. The van der Waals surface area contributed by atoms with Gasteiger partial charge in [0.15, 0.2) is 0 Å². The first-order valence-electron chi connectivity index (χ1n) is 6.42. The molecule has 92 valence electrons. The van der Waals surface area contributed by atoms with Gasteiger partial charge in [0.1, 0.15) is 0 Å². The number of hydrogen-bond acceptors (Lipinski definition) is 3. The fourth-order valence-corrected chi connectivity index (χ4v) is 2.76. The van der Waals surface area contributed by atoms with E-state index in [1.54, 1.807) is 0 Å². The Morgan fingerprint density at radius 1 is 1.18 bits per heavy atom. The summed E-state index contributed by atoms with van der Waals surface area (Å²) in [5, 5.41) is 3.49. The van der Waals surface area contributed by atoms with Crippen LogP contribution >= 0.6 is 0 Å². The number of fused-ring (bicyclic) bond motifs is 2. The molecule has 2 fully saturated rings. The van der Waals surface area contributed by atoms with Gasteiger partial charge in [0.05, 0.1) is 13.2 Å².